The molecule has 2 amide bonds. The van der Waals surface area contributed by atoms with Gasteiger partial charge in [0, 0.05) is 50.6 Å². The molecule has 3 heterocycles. The average Bonchev–Trinajstić information content (AvgIpc) is 2.94. The van der Waals surface area contributed by atoms with E-state index in [9.17, 15) is 10.1 Å². The maximum absolute atomic E-state index is 13.2. The number of nitrogens with one attached hydrogen (secondary N) is 1. The Morgan fingerprint density at radius 3 is 2.45 bits per heavy atom. The number of pyridine rings is 1. The Morgan fingerprint density at radius 1 is 1.14 bits per heavy atom. The lowest BCUT2D eigenvalue weighted by atomic mass is 9.94. The number of piperidine rings is 1. The number of nitrogens with zero attached hydrogens (tertiary/aromatic N) is 5. The van der Waals surface area contributed by atoms with E-state index in [4.69, 9.17) is 16.0 Å². The van der Waals surface area contributed by atoms with Crippen molar-refractivity contribution in [3.05, 3.63) is 47.1 Å². The lowest BCUT2D eigenvalue weighted by Gasteiger charge is -2.45. The Labute approximate surface area is 258 Å². The van der Waals surface area contributed by atoms with E-state index in [0.29, 0.717) is 35.3 Å². The quantitative estimate of drug-likeness (QED) is 0.330. The van der Waals surface area contributed by atoms with Crippen molar-refractivity contribution in [3.8, 4) is 6.07 Å². The number of nitriles is 1. The fourth-order valence-corrected chi connectivity index (χ4v) is 6.81. The highest BCUT2D eigenvalue weighted by atomic mass is 35.5. The first-order chi connectivity index (χ1) is 19.8. The number of halogens is 1. The Hall–Kier alpha value is -2.80. The van der Waals surface area contributed by atoms with Crippen molar-refractivity contribution in [2.45, 2.75) is 84.1 Å². The predicted molar refractivity (Wildman–Crippen MR) is 175 cm³/mol. The number of carbonyl (C=O) groups is 1. The molecule has 0 bridgehead atoms. The van der Waals surface area contributed by atoms with Crippen LogP contribution in [0.5, 0.6) is 0 Å². The number of benzene rings is 1. The van der Waals surface area contributed by atoms with E-state index >= 15 is 0 Å². The number of carbonyl (C=O) groups excluding carboxylic acids is 1. The van der Waals surface area contributed by atoms with Gasteiger partial charge in [-0.2, -0.15) is 5.26 Å². The Kier molecular flexibility index (Phi) is 10.1. The average molecular weight is 611 g/mol. The van der Waals surface area contributed by atoms with Crippen LogP contribution >= 0.6 is 11.6 Å². The molecule has 2 atom stereocenters. The predicted octanol–water partition coefficient (Wildman–Crippen LogP) is 7.37. The van der Waals surface area contributed by atoms with Crippen molar-refractivity contribution in [3.63, 3.8) is 0 Å². The van der Waals surface area contributed by atoms with Gasteiger partial charge in [-0.1, -0.05) is 32.4 Å². The zero-order chi connectivity index (χ0) is 30.7. The van der Waals surface area contributed by atoms with Crippen LogP contribution in [-0.2, 0) is 4.43 Å². The standard InChI is InChI=1S/C32H47ClN6O2Si/c1-23-22-39(24(2)21-38(23)28-10-8-26(19-34)29(33)18-28)31(40)36-27-9-11-30(35-20-27)37-15-12-25(13-16-37)14-17-41-42(6,7)32(3,4)5/h8-11,18,20,23-25H,12-17,21-22H2,1-7H3,(H,36,40)/t23-,24+/m0/s1. The van der Waals surface area contributed by atoms with Crippen LogP contribution in [0.4, 0.5) is 22.0 Å². The molecule has 2 fully saturated rings. The summed E-state index contributed by atoms with van der Waals surface area (Å²) in [6.07, 6.45) is 5.19. The molecule has 2 aliphatic rings. The summed E-state index contributed by atoms with van der Waals surface area (Å²) >= 11 is 6.28. The minimum atomic E-state index is -1.68. The van der Waals surface area contributed by atoms with Crippen molar-refractivity contribution in [2.24, 2.45) is 5.92 Å². The molecule has 0 saturated carbocycles. The smallest absolute Gasteiger partial charge is 0.322 e. The van der Waals surface area contributed by atoms with Crippen molar-refractivity contribution in [1.82, 2.24) is 9.88 Å². The van der Waals surface area contributed by atoms with Crippen LogP contribution in [0.3, 0.4) is 0 Å². The molecule has 0 aliphatic carbocycles. The van der Waals surface area contributed by atoms with Gasteiger partial charge in [0.2, 0.25) is 0 Å². The molecule has 0 unspecified atom stereocenters. The Morgan fingerprint density at radius 2 is 1.86 bits per heavy atom. The highest BCUT2D eigenvalue weighted by molar-refractivity contribution is 6.74. The maximum Gasteiger partial charge on any atom is 0.322 e. The normalized spacial score (nSPS) is 20.4. The fraction of sp³-hybridized carbons (Fsp3) is 0.594. The van der Waals surface area contributed by atoms with E-state index < -0.39 is 8.32 Å². The van der Waals surface area contributed by atoms with Crippen molar-refractivity contribution in [2.75, 3.05) is 47.9 Å². The largest absolute Gasteiger partial charge is 0.417 e. The number of rotatable bonds is 7. The number of hydrogen-bond acceptors (Lipinski definition) is 6. The fourth-order valence-electron chi connectivity index (χ4n) is 5.53. The van der Waals surface area contributed by atoms with Gasteiger partial charge in [-0.05, 0) is 87.5 Å². The molecule has 4 rings (SSSR count). The molecule has 0 radical (unpaired) electrons. The molecule has 2 aliphatic heterocycles. The van der Waals surface area contributed by atoms with Crippen LogP contribution in [0.15, 0.2) is 36.5 Å². The van der Waals surface area contributed by atoms with Gasteiger partial charge in [0.1, 0.15) is 11.9 Å². The van der Waals surface area contributed by atoms with Crippen LogP contribution in [0.25, 0.3) is 0 Å². The van der Waals surface area contributed by atoms with E-state index in [2.05, 4.69) is 67.0 Å². The molecule has 2 saturated heterocycles. The summed E-state index contributed by atoms with van der Waals surface area (Å²) < 4.78 is 6.40. The van der Waals surface area contributed by atoms with Crippen molar-refractivity contribution < 1.29 is 9.22 Å². The van der Waals surface area contributed by atoms with Gasteiger partial charge in [0.15, 0.2) is 8.32 Å². The lowest BCUT2D eigenvalue weighted by Crippen LogP contribution is -2.59. The zero-order valence-electron chi connectivity index (χ0n) is 26.3. The second-order valence-corrected chi connectivity index (χ2v) is 18.7. The van der Waals surface area contributed by atoms with E-state index in [1.54, 1.807) is 12.3 Å². The minimum Gasteiger partial charge on any atom is -0.417 e. The molecule has 2 aromatic rings. The maximum atomic E-state index is 13.2. The van der Waals surface area contributed by atoms with Gasteiger partial charge in [0.25, 0.3) is 0 Å². The van der Waals surface area contributed by atoms with Gasteiger partial charge in [-0.25, -0.2) is 9.78 Å². The monoisotopic (exact) mass is 610 g/mol. The minimum absolute atomic E-state index is 0.00331. The zero-order valence-corrected chi connectivity index (χ0v) is 28.0. The first-order valence-electron chi connectivity index (χ1n) is 15.2. The molecule has 42 heavy (non-hydrogen) atoms. The van der Waals surface area contributed by atoms with Crippen molar-refractivity contribution >= 4 is 43.1 Å². The van der Waals surface area contributed by atoms with Gasteiger partial charge in [0.05, 0.1) is 22.5 Å². The van der Waals surface area contributed by atoms with Crippen LogP contribution in [0, 0.1) is 17.2 Å². The Balaban J connectivity index is 1.25. The van der Waals surface area contributed by atoms with Crippen LogP contribution in [0.1, 0.15) is 59.4 Å². The van der Waals surface area contributed by atoms with E-state index in [1.165, 1.54) is 0 Å². The number of aromatic nitrogens is 1. The first kappa shape index (κ1) is 32.1. The molecule has 1 aromatic heterocycles. The summed E-state index contributed by atoms with van der Waals surface area (Å²) in [5, 5.41) is 12.9. The second-order valence-electron chi connectivity index (χ2n) is 13.4. The topological polar surface area (TPSA) is 84.7 Å². The number of amides is 2. The molecule has 1 aromatic carbocycles. The van der Waals surface area contributed by atoms with Crippen molar-refractivity contribution in [1.29, 1.82) is 5.26 Å². The van der Waals surface area contributed by atoms with Crippen LogP contribution in [-0.4, -0.2) is 69.1 Å². The van der Waals surface area contributed by atoms with Gasteiger partial charge >= 0.3 is 6.03 Å². The number of anilines is 3. The third-order valence-corrected chi connectivity index (χ3v) is 14.2. The molecule has 0 spiro atoms. The third-order valence-electron chi connectivity index (χ3n) is 9.38. The second kappa shape index (κ2) is 13.2. The highest BCUT2D eigenvalue weighted by Crippen LogP contribution is 2.37. The highest BCUT2D eigenvalue weighted by Gasteiger charge is 2.37. The summed E-state index contributed by atoms with van der Waals surface area (Å²) in [6, 6.07) is 11.5. The SMILES string of the molecule is C[C@@H]1CN(c2ccc(C#N)c(Cl)c2)[C@@H](C)CN1C(=O)Nc1ccc(N2CCC(CCO[Si](C)(C)C(C)(C)C)CC2)nc1. The summed E-state index contributed by atoms with van der Waals surface area (Å²) in [4.78, 5) is 24.4. The van der Waals surface area contributed by atoms with Gasteiger partial charge in [-0.15, -0.1) is 0 Å². The first-order valence-corrected chi connectivity index (χ1v) is 18.5. The molecule has 1 N–H and O–H groups in total. The summed E-state index contributed by atoms with van der Waals surface area (Å²) in [5.74, 6) is 1.66. The van der Waals surface area contributed by atoms with E-state index in [-0.39, 0.29) is 23.2 Å². The number of urea groups is 1. The number of hydrogen-bond donors (Lipinski definition) is 1. The van der Waals surface area contributed by atoms with Crippen LogP contribution < -0.4 is 15.1 Å². The third kappa shape index (κ3) is 7.58. The molecular weight excluding hydrogens is 564 g/mol. The summed E-state index contributed by atoms with van der Waals surface area (Å²) in [5.41, 5.74) is 2.12. The van der Waals surface area contributed by atoms with Gasteiger partial charge in [-0.3, -0.25) is 0 Å². The molecule has 228 valence electrons. The lowest BCUT2D eigenvalue weighted by molar-refractivity contribution is 0.173. The van der Waals surface area contributed by atoms with E-state index in [1.807, 2.05) is 36.1 Å². The molecule has 10 heteroatoms. The molecular formula is C32H47ClN6O2Si. The van der Waals surface area contributed by atoms with Crippen LogP contribution in [0.2, 0.25) is 23.2 Å². The number of piperazine rings is 1. The van der Waals surface area contributed by atoms with E-state index in [0.717, 1.165) is 50.5 Å². The molecule has 8 nitrogen and oxygen atoms in total. The Bertz CT molecular complexity index is 1270. The van der Waals surface area contributed by atoms with Gasteiger partial charge < -0.3 is 24.4 Å². The summed E-state index contributed by atoms with van der Waals surface area (Å²) in [6.45, 7) is 19.8. The summed E-state index contributed by atoms with van der Waals surface area (Å²) in [7, 11) is -1.68.